The second kappa shape index (κ2) is 7.03. The Morgan fingerprint density at radius 3 is 2.76 bits per heavy atom. The highest BCUT2D eigenvalue weighted by atomic mass is 16.5. The lowest BCUT2D eigenvalue weighted by atomic mass is 10.3. The first-order valence-electron chi connectivity index (χ1n) is 5.50. The molecule has 6 heteroatoms. The van der Waals surface area contributed by atoms with Gasteiger partial charge in [-0.15, -0.1) is 0 Å². The molecule has 0 spiro atoms. The van der Waals surface area contributed by atoms with Crippen molar-refractivity contribution in [3.8, 4) is 5.88 Å². The summed E-state index contributed by atoms with van der Waals surface area (Å²) in [5.74, 6) is 1.11. The molecule has 0 saturated carbocycles. The maximum Gasteiger partial charge on any atom is 0.218 e. The summed E-state index contributed by atoms with van der Waals surface area (Å²) in [5, 5.41) is 12.2. The summed E-state index contributed by atoms with van der Waals surface area (Å²) >= 11 is 0. The van der Waals surface area contributed by atoms with Gasteiger partial charge in [0.25, 0.3) is 0 Å². The van der Waals surface area contributed by atoms with E-state index in [-0.39, 0.29) is 18.8 Å². The van der Waals surface area contributed by atoms with Crippen LogP contribution in [0.5, 0.6) is 5.88 Å². The fraction of sp³-hybridized carbons (Fsp3) is 0.636. The Kier molecular flexibility index (Phi) is 5.65. The molecule has 0 aromatic carbocycles. The normalized spacial score (nSPS) is 12.5. The van der Waals surface area contributed by atoms with Crippen LogP contribution in [-0.4, -0.2) is 47.5 Å². The van der Waals surface area contributed by atoms with Crippen molar-refractivity contribution in [2.45, 2.75) is 26.0 Å². The van der Waals surface area contributed by atoms with Crippen molar-refractivity contribution in [2.24, 2.45) is 0 Å². The number of hydrogen-bond acceptors (Lipinski definition) is 6. The molecule has 0 aliphatic heterocycles. The molecular formula is C11H19N3O3. The van der Waals surface area contributed by atoms with Crippen LogP contribution < -0.4 is 10.1 Å². The summed E-state index contributed by atoms with van der Waals surface area (Å²) in [6.45, 7) is 4.23. The number of aromatic nitrogens is 2. The van der Waals surface area contributed by atoms with Crippen LogP contribution in [0.4, 0.5) is 5.82 Å². The van der Waals surface area contributed by atoms with E-state index in [9.17, 15) is 0 Å². The van der Waals surface area contributed by atoms with Gasteiger partial charge in [-0.1, -0.05) is 0 Å². The van der Waals surface area contributed by atoms with Crippen LogP contribution >= 0.6 is 0 Å². The molecular weight excluding hydrogens is 222 g/mol. The number of ether oxygens (including phenoxy) is 2. The van der Waals surface area contributed by atoms with E-state index >= 15 is 0 Å². The lowest BCUT2D eigenvalue weighted by Gasteiger charge is -2.16. The Balaban J connectivity index is 2.63. The van der Waals surface area contributed by atoms with Crippen LogP contribution in [0.3, 0.4) is 0 Å². The van der Waals surface area contributed by atoms with Crippen LogP contribution in [0.15, 0.2) is 12.4 Å². The minimum absolute atomic E-state index is 0.0295. The SMILES string of the molecule is COCC(CO)Nc1cc(OC(C)C)ncn1. The second-order valence-corrected chi connectivity index (χ2v) is 3.89. The Bertz CT molecular complexity index is 333. The number of nitrogens with one attached hydrogen (secondary N) is 1. The van der Waals surface area contributed by atoms with Crippen molar-refractivity contribution < 1.29 is 14.6 Å². The average molecular weight is 241 g/mol. The highest BCUT2D eigenvalue weighted by Crippen LogP contribution is 2.13. The van der Waals surface area contributed by atoms with Crippen LogP contribution in [0.1, 0.15) is 13.8 Å². The van der Waals surface area contributed by atoms with Crippen LogP contribution in [0.2, 0.25) is 0 Å². The largest absolute Gasteiger partial charge is 0.475 e. The molecule has 0 radical (unpaired) electrons. The van der Waals surface area contributed by atoms with E-state index in [2.05, 4.69) is 15.3 Å². The fourth-order valence-electron chi connectivity index (χ4n) is 1.27. The summed E-state index contributed by atoms with van der Waals surface area (Å²) in [4.78, 5) is 8.04. The number of hydrogen-bond donors (Lipinski definition) is 2. The summed E-state index contributed by atoms with van der Waals surface area (Å²) < 4.78 is 10.4. The van der Waals surface area contributed by atoms with Gasteiger partial charge in [-0.05, 0) is 13.8 Å². The maximum absolute atomic E-state index is 9.12. The van der Waals surface area contributed by atoms with Gasteiger partial charge in [-0.2, -0.15) is 0 Å². The zero-order valence-corrected chi connectivity index (χ0v) is 10.4. The van der Waals surface area contributed by atoms with E-state index in [1.807, 2.05) is 13.8 Å². The van der Waals surface area contributed by atoms with Crippen molar-refractivity contribution in [3.63, 3.8) is 0 Å². The number of aliphatic hydroxyl groups is 1. The number of rotatable bonds is 7. The van der Waals surface area contributed by atoms with E-state index in [4.69, 9.17) is 14.6 Å². The van der Waals surface area contributed by atoms with E-state index < -0.39 is 0 Å². The number of aliphatic hydroxyl groups excluding tert-OH is 1. The molecule has 96 valence electrons. The van der Waals surface area contributed by atoms with Gasteiger partial charge in [-0.25, -0.2) is 9.97 Å². The first-order chi connectivity index (χ1) is 8.15. The summed E-state index contributed by atoms with van der Waals surface area (Å²) in [5.41, 5.74) is 0. The van der Waals surface area contributed by atoms with Crippen LogP contribution in [0, 0.1) is 0 Å². The number of nitrogens with zero attached hydrogens (tertiary/aromatic N) is 2. The third kappa shape index (κ3) is 4.97. The van der Waals surface area contributed by atoms with E-state index in [0.29, 0.717) is 18.3 Å². The van der Waals surface area contributed by atoms with Gasteiger partial charge in [0.1, 0.15) is 12.1 Å². The van der Waals surface area contributed by atoms with Gasteiger partial charge >= 0.3 is 0 Å². The van der Waals surface area contributed by atoms with Gasteiger partial charge < -0.3 is 19.9 Å². The van der Waals surface area contributed by atoms with Crippen molar-refractivity contribution in [3.05, 3.63) is 12.4 Å². The molecule has 17 heavy (non-hydrogen) atoms. The minimum Gasteiger partial charge on any atom is -0.475 e. The summed E-state index contributed by atoms with van der Waals surface area (Å²) in [7, 11) is 1.58. The highest BCUT2D eigenvalue weighted by molar-refractivity contribution is 5.38. The van der Waals surface area contributed by atoms with E-state index in [1.54, 1.807) is 13.2 Å². The topological polar surface area (TPSA) is 76.5 Å². The van der Waals surface area contributed by atoms with Crippen LogP contribution in [0.25, 0.3) is 0 Å². The van der Waals surface area contributed by atoms with Crippen molar-refractivity contribution >= 4 is 5.82 Å². The van der Waals surface area contributed by atoms with Gasteiger partial charge in [0, 0.05) is 13.2 Å². The quantitative estimate of drug-likeness (QED) is 0.731. The minimum atomic E-state index is -0.193. The molecule has 0 aliphatic rings. The second-order valence-electron chi connectivity index (χ2n) is 3.89. The van der Waals surface area contributed by atoms with E-state index in [1.165, 1.54) is 6.33 Å². The number of anilines is 1. The Morgan fingerprint density at radius 2 is 2.18 bits per heavy atom. The predicted octanol–water partition coefficient (Wildman–Crippen LogP) is 0.683. The molecule has 1 aromatic heterocycles. The van der Waals surface area contributed by atoms with E-state index in [0.717, 1.165) is 0 Å². The van der Waals surface area contributed by atoms with Gasteiger partial charge in [0.05, 0.1) is 25.4 Å². The third-order valence-electron chi connectivity index (χ3n) is 1.94. The maximum atomic E-state index is 9.12. The number of methoxy groups -OCH3 is 1. The molecule has 0 bridgehead atoms. The van der Waals surface area contributed by atoms with Crippen molar-refractivity contribution in [2.75, 3.05) is 25.6 Å². The molecule has 1 heterocycles. The lowest BCUT2D eigenvalue weighted by Crippen LogP contribution is -2.29. The van der Waals surface area contributed by atoms with Crippen molar-refractivity contribution in [1.29, 1.82) is 0 Å². The monoisotopic (exact) mass is 241 g/mol. The molecule has 0 aliphatic carbocycles. The first-order valence-corrected chi connectivity index (χ1v) is 5.50. The molecule has 1 unspecified atom stereocenters. The lowest BCUT2D eigenvalue weighted by molar-refractivity contribution is 0.153. The zero-order chi connectivity index (χ0) is 12.7. The predicted molar refractivity (Wildman–Crippen MR) is 64.2 cm³/mol. The van der Waals surface area contributed by atoms with Gasteiger partial charge in [-0.3, -0.25) is 0 Å². The third-order valence-corrected chi connectivity index (χ3v) is 1.94. The molecule has 0 saturated heterocycles. The van der Waals surface area contributed by atoms with Crippen molar-refractivity contribution in [1.82, 2.24) is 9.97 Å². The zero-order valence-electron chi connectivity index (χ0n) is 10.4. The van der Waals surface area contributed by atoms with Crippen LogP contribution in [-0.2, 0) is 4.74 Å². The molecule has 0 fully saturated rings. The molecule has 0 amide bonds. The Hall–Kier alpha value is -1.40. The highest BCUT2D eigenvalue weighted by Gasteiger charge is 2.08. The molecule has 2 N–H and O–H groups in total. The smallest absolute Gasteiger partial charge is 0.218 e. The molecule has 6 nitrogen and oxygen atoms in total. The molecule has 1 atom stereocenters. The standard InChI is InChI=1S/C11H19N3O3/c1-8(2)17-11-4-10(12-7-13-11)14-9(5-15)6-16-3/h4,7-9,15H,5-6H2,1-3H3,(H,12,13,14). The van der Waals surface area contributed by atoms with Gasteiger partial charge in [0.15, 0.2) is 0 Å². The average Bonchev–Trinajstić information content (AvgIpc) is 2.28. The van der Waals surface area contributed by atoms with Gasteiger partial charge in [0.2, 0.25) is 5.88 Å². The fourth-order valence-corrected chi connectivity index (χ4v) is 1.27. The Morgan fingerprint density at radius 1 is 1.41 bits per heavy atom. The summed E-state index contributed by atoms with van der Waals surface area (Å²) in [6, 6.07) is 1.50. The first kappa shape index (κ1) is 13.7. The molecule has 1 rings (SSSR count). The summed E-state index contributed by atoms with van der Waals surface area (Å²) in [6.07, 6.45) is 1.48. The molecule has 1 aromatic rings. The Labute approximate surface area is 101 Å².